The van der Waals surface area contributed by atoms with Crippen LogP contribution >= 0.6 is 0 Å². The highest BCUT2D eigenvalue weighted by molar-refractivity contribution is 4.87. The van der Waals surface area contributed by atoms with Crippen LogP contribution in [0.5, 0.6) is 0 Å². The van der Waals surface area contributed by atoms with Crippen molar-refractivity contribution in [2.75, 3.05) is 6.54 Å². The summed E-state index contributed by atoms with van der Waals surface area (Å²) in [6, 6.07) is 0.833. The Bertz CT molecular complexity index is 138. The maximum atomic E-state index is 3.73. The molecule has 0 aromatic heterocycles. The zero-order chi connectivity index (χ0) is 10.4. The molecule has 1 N–H and O–H groups in total. The van der Waals surface area contributed by atoms with Gasteiger partial charge in [-0.15, -0.1) is 0 Å². The van der Waals surface area contributed by atoms with Gasteiger partial charge in [0.1, 0.15) is 0 Å². The smallest absolute Gasteiger partial charge is 0.0124 e. The normalized spacial score (nSPS) is 27.4. The molecule has 0 aliphatic carbocycles. The van der Waals surface area contributed by atoms with Crippen LogP contribution in [0.3, 0.4) is 0 Å². The predicted octanol–water partition coefficient (Wildman–Crippen LogP) is 3.59. The van der Waals surface area contributed by atoms with E-state index in [9.17, 15) is 0 Å². The largest absolute Gasteiger partial charge is 0.313 e. The molecule has 1 heteroatoms. The fraction of sp³-hybridized carbons (Fsp3) is 1.00. The van der Waals surface area contributed by atoms with Crippen LogP contribution in [0.4, 0.5) is 0 Å². The van der Waals surface area contributed by atoms with Crippen LogP contribution in [0.15, 0.2) is 0 Å². The Balaban J connectivity index is 2.47. The van der Waals surface area contributed by atoms with E-state index in [1.54, 1.807) is 0 Å². The Morgan fingerprint density at radius 1 is 1.14 bits per heavy atom. The van der Waals surface area contributed by atoms with Crippen LogP contribution in [0.2, 0.25) is 0 Å². The maximum Gasteiger partial charge on any atom is 0.0124 e. The van der Waals surface area contributed by atoms with Crippen molar-refractivity contribution in [1.29, 1.82) is 0 Å². The van der Waals surface area contributed by atoms with Gasteiger partial charge in [-0.25, -0.2) is 0 Å². The van der Waals surface area contributed by atoms with Crippen molar-refractivity contribution in [1.82, 2.24) is 5.32 Å². The number of rotatable bonds is 6. The Morgan fingerprint density at radius 2 is 1.79 bits per heavy atom. The second-order valence-electron chi connectivity index (χ2n) is 4.77. The van der Waals surface area contributed by atoms with Crippen molar-refractivity contribution in [2.45, 2.75) is 65.3 Å². The molecule has 1 aliphatic heterocycles. The summed E-state index contributed by atoms with van der Waals surface area (Å²) in [5.41, 5.74) is 0. The molecule has 2 atom stereocenters. The monoisotopic (exact) mass is 197 g/mol. The number of nitrogens with one attached hydrogen (secondary N) is 1. The molecule has 0 spiro atoms. The summed E-state index contributed by atoms with van der Waals surface area (Å²) in [5, 5.41) is 3.73. The molecule has 1 rings (SSSR count). The molecule has 14 heavy (non-hydrogen) atoms. The molecule has 0 radical (unpaired) electrons. The van der Waals surface area contributed by atoms with E-state index in [-0.39, 0.29) is 0 Å². The number of hydrogen-bond donors (Lipinski definition) is 1. The van der Waals surface area contributed by atoms with Gasteiger partial charge in [0, 0.05) is 6.04 Å². The van der Waals surface area contributed by atoms with Crippen LogP contribution in [0.1, 0.15) is 59.3 Å². The van der Waals surface area contributed by atoms with Gasteiger partial charge in [0.25, 0.3) is 0 Å². The van der Waals surface area contributed by atoms with E-state index in [2.05, 4.69) is 26.1 Å². The second kappa shape index (κ2) is 6.44. The average Bonchev–Trinajstić information content (AvgIpc) is 2.65. The van der Waals surface area contributed by atoms with Crippen molar-refractivity contribution in [3.63, 3.8) is 0 Å². The summed E-state index contributed by atoms with van der Waals surface area (Å²) in [5.74, 6) is 1.90. The van der Waals surface area contributed by atoms with Crippen molar-refractivity contribution in [3.05, 3.63) is 0 Å². The Morgan fingerprint density at radius 3 is 2.29 bits per heavy atom. The maximum absolute atomic E-state index is 3.73. The minimum Gasteiger partial charge on any atom is -0.313 e. The van der Waals surface area contributed by atoms with Gasteiger partial charge in [0.2, 0.25) is 0 Å². The molecule has 1 fully saturated rings. The van der Waals surface area contributed by atoms with Crippen LogP contribution in [-0.4, -0.2) is 12.6 Å². The predicted molar refractivity (Wildman–Crippen MR) is 63.5 cm³/mol. The van der Waals surface area contributed by atoms with Crippen molar-refractivity contribution >= 4 is 0 Å². The highest BCUT2D eigenvalue weighted by Gasteiger charge is 2.30. The Hall–Kier alpha value is -0.0400. The van der Waals surface area contributed by atoms with Gasteiger partial charge in [0.05, 0.1) is 0 Å². The van der Waals surface area contributed by atoms with E-state index in [4.69, 9.17) is 0 Å². The zero-order valence-corrected chi connectivity index (χ0v) is 10.2. The van der Waals surface area contributed by atoms with Gasteiger partial charge in [-0.2, -0.15) is 0 Å². The van der Waals surface area contributed by atoms with Gasteiger partial charge in [-0.1, -0.05) is 40.0 Å². The van der Waals surface area contributed by atoms with Crippen LogP contribution in [0, 0.1) is 11.8 Å². The lowest BCUT2D eigenvalue weighted by atomic mass is 9.83. The van der Waals surface area contributed by atoms with E-state index in [1.165, 1.54) is 45.1 Å². The quantitative estimate of drug-likeness (QED) is 0.686. The lowest BCUT2D eigenvalue weighted by Crippen LogP contribution is -2.35. The van der Waals surface area contributed by atoms with E-state index in [1.807, 2.05) is 0 Å². The third-order valence-corrected chi connectivity index (χ3v) is 3.75. The summed E-state index contributed by atoms with van der Waals surface area (Å²) in [6.07, 6.45) is 8.30. The molecule has 0 aromatic rings. The second-order valence-corrected chi connectivity index (χ2v) is 4.77. The first-order valence-corrected chi connectivity index (χ1v) is 6.56. The molecule has 1 nitrogen and oxygen atoms in total. The molecule has 2 unspecified atom stereocenters. The first kappa shape index (κ1) is 12.0. The lowest BCUT2D eigenvalue weighted by molar-refractivity contribution is 0.276. The highest BCUT2D eigenvalue weighted by Crippen LogP contribution is 2.30. The molecule has 1 heterocycles. The summed E-state index contributed by atoms with van der Waals surface area (Å²) >= 11 is 0. The minimum absolute atomic E-state index is 0.833. The summed E-state index contributed by atoms with van der Waals surface area (Å²) in [4.78, 5) is 0. The highest BCUT2D eigenvalue weighted by atomic mass is 15.0. The molecule has 0 aromatic carbocycles. The molecule has 0 bridgehead atoms. The molecular formula is C13H27N. The molecule has 1 saturated heterocycles. The third-order valence-electron chi connectivity index (χ3n) is 3.75. The lowest BCUT2D eigenvalue weighted by Gasteiger charge is -2.28. The minimum atomic E-state index is 0.833. The van der Waals surface area contributed by atoms with Gasteiger partial charge in [-0.3, -0.25) is 0 Å². The van der Waals surface area contributed by atoms with Gasteiger partial charge in [-0.05, 0) is 37.6 Å². The van der Waals surface area contributed by atoms with Crippen LogP contribution < -0.4 is 5.32 Å². The third kappa shape index (κ3) is 2.98. The van der Waals surface area contributed by atoms with E-state index in [0.717, 1.165) is 17.9 Å². The van der Waals surface area contributed by atoms with Crippen LogP contribution in [0.25, 0.3) is 0 Å². The summed E-state index contributed by atoms with van der Waals surface area (Å²) in [6.45, 7) is 8.24. The molecule has 84 valence electrons. The first-order valence-electron chi connectivity index (χ1n) is 6.56. The molecule has 1 aliphatic rings. The fourth-order valence-electron chi connectivity index (χ4n) is 3.04. The SMILES string of the molecule is CCCC(CCC)C1NCCC1CC. The summed E-state index contributed by atoms with van der Waals surface area (Å²) < 4.78 is 0. The van der Waals surface area contributed by atoms with Crippen molar-refractivity contribution in [2.24, 2.45) is 11.8 Å². The fourth-order valence-corrected chi connectivity index (χ4v) is 3.04. The van der Waals surface area contributed by atoms with Gasteiger partial charge >= 0.3 is 0 Å². The molecular weight excluding hydrogens is 170 g/mol. The topological polar surface area (TPSA) is 12.0 Å². The standard InChI is InChI=1S/C13H27N/c1-4-7-12(8-5-2)13-11(6-3)9-10-14-13/h11-14H,4-10H2,1-3H3. The number of hydrogen-bond acceptors (Lipinski definition) is 1. The van der Waals surface area contributed by atoms with E-state index in [0.29, 0.717) is 0 Å². The van der Waals surface area contributed by atoms with Gasteiger partial charge in [0.15, 0.2) is 0 Å². The van der Waals surface area contributed by atoms with Crippen molar-refractivity contribution in [3.8, 4) is 0 Å². The van der Waals surface area contributed by atoms with Crippen molar-refractivity contribution < 1.29 is 0 Å². The first-order chi connectivity index (χ1) is 6.83. The summed E-state index contributed by atoms with van der Waals surface area (Å²) in [7, 11) is 0. The Kier molecular flexibility index (Phi) is 5.54. The van der Waals surface area contributed by atoms with Crippen LogP contribution in [-0.2, 0) is 0 Å². The molecule has 0 amide bonds. The molecule has 0 saturated carbocycles. The average molecular weight is 197 g/mol. The van der Waals surface area contributed by atoms with E-state index < -0.39 is 0 Å². The van der Waals surface area contributed by atoms with E-state index >= 15 is 0 Å². The Labute approximate surface area is 89.7 Å². The zero-order valence-electron chi connectivity index (χ0n) is 10.2. The van der Waals surface area contributed by atoms with Gasteiger partial charge < -0.3 is 5.32 Å².